The normalized spacial score (nSPS) is 10.7. The summed E-state index contributed by atoms with van der Waals surface area (Å²) in [4.78, 5) is 12.2. The topological polar surface area (TPSA) is 43.3 Å². The fourth-order valence-electron chi connectivity index (χ4n) is 1.89. The fraction of sp³-hybridized carbons (Fsp3) is 0.214. The summed E-state index contributed by atoms with van der Waals surface area (Å²) in [6.45, 7) is -0.522. The second kappa shape index (κ2) is 6.71. The minimum absolute atomic E-state index is 0.164. The third kappa shape index (κ3) is 3.81. The average molecular weight is 359 g/mol. The Kier molecular flexibility index (Phi) is 4.95. The summed E-state index contributed by atoms with van der Waals surface area (Å²) in [5.41, 5.74) is 0.624. The second-order valence-corrected chi connectivity index (χ2v) is 5.15. The second-order valence-electron chi connectivity index (χ2n) is 4.24. The number of hydrogen-bond acceptors (Lipinski definition) is 2. The number of halogens is 3. The van der Waals surface area contributed by atoms with Crippen LogP contribution in [-0.2, 0) is 6.54 Å². The van der Waals surface area contributed by atoms with Crippen molar-refractivity contribution in [2.45, 2.75) is 13.0 Å². The van der Waals surface area contributed by atoms with Gasteiger partial charge < -0.3 is 14.6 Å². The summed E-state index contributed by atoms with van der Waals surface area (Å²) in [5.74, 6) is 0.00978. The minimum atomic E-state index is -2.52. The summed E-state index contributed by atoms with van der Waals surface area (Å²) >= 11 is 3.30. The van der Waals surface area contributed by atoms with E-state index >= 15 is 0 Å². The van der Waals surface area contributed by atoms with E-state index in [2.05, 4.69) is 21.2 Å². The molecule has 0 spiro atoms. The maximum Gasteiger partial charge on any atom is 0.272 e. The number of hydrogen-bond donors (Lipinski definition) is 1. The Hall–Kier alpha value is -1.89. The van der Waals surface area contributed by atoms with Crippen LogP contribution in [0.1, 0.15) is 10.5 Å². The van der Waals surface area contributed by atoms with Crippen LogP contribution in [0.25, 0.3) is 0 Å². The average Bonchev–Trinajstić information content (AvgIpc) is 2.86. The van der Waals surface area contributed by atoms with Crippen LogP contribution in [0, 0.1) is 0 Å². The summed E-state index contributed by atoms with van der Waals surface area (Å²) in [5, 5.41) is 2.66. The van der Waals surface area contributed by atoms with Crippen LogP contribution in [-0.4, -0.2) is 24.0 Å². The molecule has 1 heterocycles. The molecule has 2 aromatic rings. The third-order valence-electron chi connectivity index (χ3n) is 2.81. The molecule has 1 aromatic heterocycles. The van der Waals surface area contributed by atoms with Gasteiger partial charge in [-0.15, -0.1) is 0 Å². The number of ether oxygens (including phenoxy) is 1. The molecule has 4 nitrogen and oxygen atoms in total. The molecule has 0 fully saturated rings. The number of amides is 1. The molecule has 1 N–H and O–H groups in total. The number of carbonyl (C=O) groups is 1. The summed E-state index contributed by atoms with van der Waals surface area (Å²) in [6.07, 6.45) is -1.08. The molecule has 112 valence electrons. The third-order valence-corrected chi connectivity index (χ3v) is 3.30. The first-order chi connectivity index (χ1) is 10.0. The quantitative estimate of drug-likeness (QED) is 0.883. The van der Waals surface area contributed by atoms with Crippen LogP contribution >= 0.6 is 15.9 Å². The number of anilines is 1. The highest BCUT2D eigenvalue weighted by atomic mass is 79.9. The highest BCUT2D eigenvalue weighted by Crippen LogP contribution is 2.28. The maximum absolute atomic E-state index is 12.5. The van der Waals surface area contributed by atoms with E-state index in [9.17, 15) is 13.6 Å². The molecule has 0 aliphatic carbocycles. The largest absolute Gasteiger partial charge is 0.495 e. The molecular weight excluding hydrogens is 346 g/mol. The molecule has 0 radical (unpaired) electrons. The number of carbonyl (C=O) groups excluding carboxylic acids is 1. The van der Waals surface area contributed by atoms with E-state index in [-0.39, 0.29) is 5.69 Å². The van der Waals surface area contributed by atoms with E-state index in [1.807, 2.05) is 0 Å². The zero-order valence-corrected chi connectivity index (χ0v) is 12.7. The van der Waals surface area contributed by atoms with Crippen LogP contribution in [0.15, 0.2) is 41.0 Å². The first-order valence-corrected chi connectivity index (χ1v) is 6.88. The van der Waals surface area contributed by atoms with Crippen molar-refractivity contribution < 1.29 is 18.3 Å². The predicted molar refractivity (Wildman–Crippen MR) is 79.1 cm³/mol. The smallest absolute Gasteiger partial charge is 0.272 e. The zero-order chi connectivity index (χ0) is 15.4. The number of nitrogens with zero attached hydrogens (tertiary/aromatic N) is 1. The Labute approximate surface area is 128 Å². The van der Waals surface area contributed by atoms with Crippen molar-refractivity contribution in [3.63, 3.8) is 0 Å². The van der Waals surface area contributed by atoms with Gasteiger partial charge in [-0.25, -0.2) is 8.78 Å². The van der Waals surface area contributed by atoms with Gasteiger partial charge in [0.15, 0.2) is 0 Å². The van der Waals surface area contributed by atoms with Crippen molar-refractivity contribution in [2.75, 3.05) is 12.4 Å². The molecule has 1 aromatic carbocycles. The number of alkyl halides is 2. The van der Waals surface area contributed by atoms with E-state index in [1.165, 1.54) is 23.9 Å². The molecule has 7 heteroatoms. The number of rotatable bonds is 5. The number of aromatic nitrogens is 1. The molecule has 0 bridgehead atoms. The lowest BCUT2D eigenvalue weighted by Crippen LogP contribution is -2.19. The van der Waals surface area contributed by atoms with Gasteiger partial charge in [-0.05, 0) is 30.3 Å². The van der Waals surface area contributed by atoms with Gasteiger partial charge in [-0.3, -0.25) is 4.79 Å². The summed E-state index contributed by atoms with van der Waals surface area (Å²) < 4.78 is 32.1. The lowest BCUT2D eigenvalue weighted by atomic mass is 10.2. The van der Waals surface area contributed by atoms with Gasteiger partial charge >= 0.3 is 0 Å². The van der Waals surface area contributed by atoms with Gasteiger partial charge in [-0.1, -0.05) is 15.9 Å². The Morgan fingerprint density at radius 2 is 2.19 bits per heavy atom. The fourth-order valence-corrected chi connectivity index (χ4v) is 2.25. The Balaban J connectivity index is 2.22. The van der Waals surface area contributed by atoms with Crippen molar-refractivity contribution in [3.8, 4) is 5.75 Å². The number of nitrogens with one attached hydrogen (secondary N) is 1. The monoisotopic (exact) mass is 358 g/mol. The van der Waals surface area contributed by atoms with Crippen molar-refractivity contribution in [1.82, 2.24) is 4.57 Å². The van der Waals surface area contributed by atoms with Gasteiger partial charge in [0.25, 0.3) is 12.3 Å². The van der Waals surface area contributed by atoms with Gasteiger partial charge in [0, 0.05) is 10.7 Å². The summed E-state index contributed by atoms with van der Waals surface area (Å²) in [7, 11) is 1.48. The van der Waals surface area contributed by atoms with Gasteiger partial charge in [0.2, 0.25) is 0 Å². The van der Waals surface area contributed by atoms with Crippen LogP contribution in [0.3, 0.4) is 0 Å². The maximum atomic E-state index is 12.5. The molecule has 0 saturated heterocycles. The minimum Gasteiger partial charge on any atom is -0.495 e. The summed E-state index contributed by atoms with van der Waals surface area (Å²) in [6, 6.07) is 8.18. The lowest BCUT2D eigenvalue weighted by molar-refractivity contribution is 0.0997. The van der Waals surface area contributed by atoms with E-state index in [0.717, 1.165) is 4.47 Å². The molecule has 21 heavy (non-hydrogen) atoms. The predicted octanol–water partition coefficient (Wildman–Crippen LogP) is 3.78. The van der Waals surface area contributed by atoms with Crippen LogP contribution < -0.4 is 10.1 Å². The van der Waals surface area contributed by atoms with Crippen LogP contribution in [0.5, 0.6) is 5.75 Å². The Morgan fingerprint density at radius 1 is 1.43 bits per heavy atom. The molecule has 0 aliphatic heterocycles. The van der Waals surface area contributed by atoms with Crippen LogP contribution in [0.4, 0.5) is 14.5 Å². The van der Waals surface area contributed by atoms with Crippen molar-refractivity contribution in [3.05, 3.63) is 46.7 Å². The molecular formula is C14H13BrF2N2O2. The Morgan fingerprint density at radius 3 is 2.86 bits per heavy atom. The number of methoxy groups -OCH3 is 1. The van der Waals surface area contributed by atoms with Gasteiger partial charge in [0.05, 0.1) is 19.3 Å². The molecule has 2 rings (SSSR count). The molecule has 0 unspecified atom stereocenters. The highest BCUT2D eigenvalue weighted by Gasteiger charge is 2.15. The highest BCUT2D eigenvalue weighted by molar-refractivity contribution is 9.10. The SMILES string of the molecule is COc1ccc(Br)cc1NC(=O)c1cccn1CC(F)F. The van der Waals surface area contributed by atoms with Crippen LogP contribution in [0.2, 0.25) is 0 Å². The molecule has 0 aliphatic rings. The Bertz CT molecular complexity index is 644. The molecule has 1 amide bonds. The van der Waals surface area contributed by atoms with Crippen molar-refractivity contribution in [1.29, 1.82) is 0 Å². The zero-order valence-electron chi connectivity index (χ0n) is 11.1. The standard InChI is InChI=1S/C14H13BrF2N2O2/c1-21-12-5-4-9(15)7-10(12)18-14(20)11-3-2-6-19(11)8-13(16)17/h2-7,13H,8H2,1H3,(H,18,20). The first-order valence-electron chi connectivity index (χ1n) is 6.09. The molecule has 0 atom stereocenters. The van der Waals surface area contributed by atoms with Gasteiger partial charge in [0.1, 0.15) is 11.4 Å². The molecule has 0 saturated carbocycles. The van der Waals surface area contributed by atoms with Crippen molar-refractivity contribution in [2.24, 2.45) is 0 Å². The number of benzene rings is 1. The van der Waals surface area contributed by atoms with E-state index in [1.54, 1.807) is 24.3 Å². The first kappa shape index (κ1) is 15.5. The van der Waals surface area contributed by atoms with Gasteiger partial charge in [-0.2, -0.15) is 0 Å². The van der Waals surface area contributed by atoms with E-state index in [0.29, 0.717) is 11.4 Å². The van der Waals surface area contributed by atoms with Crippen molar-refractivity contribution >= 4 is 27.5 Å². The van der Waals surface area contributed by atoms with E-state index < -0.39 is 18.9 Å². The van der Waals surface area contributed by atoms with E-state index in [4.69, 9.17) is 4.74 Å². The lowest BCUT2D eigenvalue weighted by Gasteiger charge is -2.12.